The summed E-state index contributed by atoms with van der Waals surface area (Å²) >= 11 is 0. The highest BCUT2D eigenvalue weighted by atomic mass is 16.5. The van der Waals surface area contributed by atoms with Gasteiger partial charge in [-0.25, -0.2) is 4.79 Å². The van der Waals surface area contributed by atoms with Gasteiger partial charge in [0.2, 0.25) is 5.91 Å². The van der Waals surface area contributed by atoms with Crippen LogP contribution in [0.1, 0.15) is 39.5 Å². The van der Waals surface area contributed by atoms with Gasteiger partial charge in [-0.05, 0) is 39.5 Å². The summed E-state index contributed by atoms with van der Waals surface area (Å²) in [5.41, 5.74) is 0. The van der Waals surface area contributed by atoms with E-state index in [1.54, 1.807) is 0 Å². The Kier molecular flexibility index (Phi) is 5.09. The standard InChI is InChI=1S/C17H29N3O3/c1-13-11-23-12-14(2)20(13)16(21)15-5-9-19(10-6-15)17(22)18-7-3-4-8-18/h13-15H,3-12H2,1-2H3. The van der Waals surface area contributed by atoms with E-state index in [-0.39, 0.29) is 29.9 Å². The molecule has 0 aromatic heterocycles. The van der Waals surface area contributed by atoms with Gasteiger partial charge >= 0.3 is 6.03 Å². The molecule has 0 N–H and O–H groups in total. The van der Waals surface area contributed by atoms with Crippen LogP contribution in [0.25, 0.3) is 0 Å². The van der Waals surface area contributed by atoms with E-state index in [2.05, 4.69) is 13.8 Å². The van der Waals surface area contributed by atoms with Crippen molar-refractivity contribution in [3.8, 4) is 0 Å². The molecule has 2 unspecified atom stereocenters. The van der Waals surface area contributed by atoms with Crippen molar-refractivity contribution < 1.29 is 14.3 Å². The molecule has 0 aromatic rings. The zero-order valence-corrected chi connectivity index (χ0v) is 14.4. The van der Waals surface area contributed by atoms with Crippen molar-refractivity contribution >= 4 is 11.9 Å². The molecule has 3 saturated heterocycles. The smallest absolute Gasteiger partial charge is 0.319 e. The van der Waals surface area contributed by atoms with Crippen LogP contribution in [0.5, 0.6) is 0 Å². The molecular formula is C17H29N3O3. The molecule has 3 amide bonds. The number of nitrogens with zero attached hydrogens (tertiary/aromatic N) is 3. The van der Waals surface area contributed by atoms with Crippen LogP contribution in [-0.4, -0.2) is 78.1 Å². The van der Waals surface area contributed by atoms with Gasteiger partial charge in [-0.15, -0.1) is 0 Å². The molecule has 0 spiro atoms. The second-order valence-corrected chi connectivity index (χ2v) is 7.22. The Bertz CT molecular complexity index is 432. The topological polar surface area (TPSA) is 53.1 Å². The minimum atomic E-state index is 0.0561. The normalized spacial score (nSPS) is 29.9. The van der Waals surface area contributed by atoms with Gasteiger partial charge in [0.05, 0.1) is 25.3 Å². The lowest BCUT2D eigenvalue weighted by atomic mass is 9.94. The average molecular weight is 323 g/mol. The molecule has 3 heterocycles. The van der Waals surface area contributed by atoms with E-state index in [9.17, 15) is 9.59 Å². The van der Waals surface area contributed by atoms with E-state index >= 15 is 0 Å². The number of hydrogen-bond acceptors (Lipinski definition) is 3. The van der Waals surface area contributed by atoms with Gasteiger partial charge in [0.25, 0.3) is 0 Å². The monoisotopic (exact) mass is 323 g/mol. The molecule has 0 aromatic carbocycles. The predicted molar refractivity (Wildman–Crippen MR) is 87.1 cm³/mol. The van der Waals surface area contributed by atoms with E-state index in [1.165, 1.54) is 0 Å². The number of morpholine rings is 1. The van der Waals surface area contributed by atoms with Crippen LogP contribution in [0, 0.1) is 5.92 Å². The van der Waals surface area contributed by atoms with Gasteiger partial charge in [0, 0.05) is 32.1 Å². The second-order valence-electron chi connectivity index (χ2n) is 7.22. The number of amides is 3. The molecule has 23 heavy (non-hydrogen) atoms. The minimum absolute atomic E-state index is 0.0561. The first-order chi connectivity index (χ1) is 11.1. The zero-order valence-electron chi connectivity index (χ0n) is 14.4. The molecule has 6 nitrogen and oxygen atoms in total. The van der Waals surface area contributed by atoms with Crippen molar-refractivity contribution in [2.75, 3.05) is 39.4 Å². The Morgan fingerprint density at radius 1 is 0.870 bits per heavy atom. The molecule has 0 saturated carbocycles. The van der Waals surface area contributed by atoms with E-state index in [1.807, 2.05) is 14.7 Å². The Hall–Kier alpha value is -1.30. The van der Waals surface area contributed by atoms with Crippen molar-refractivity contribution in [2.45, 2.75) is 51.6 Å². The van der Waals surface area contributed by atoms with Crippen LogP contribution in [0.2, 0.25) is 0 Å². The Labute approximate surface area is 138 Å². The number of carbonyl (C=O) groups excluding carboxylic acids is 2. The molecular weight excluding hydrogens is 294 g/mol. The number of urea groups is 1. The van der Waals surface area contributed by atoms with Crippen molar-refractivity contribution in [3.05, 3.63) is 0 Å². The second kappa shape index (κ2) is 7.07. The molecule has 3 aliphatic rings. The predicted octanol–water partition coefficient (Wildman–Crippen LogP) is 1.55. The largest absolute Gasteiger partial charge is 0.377 e. The summed E-state index contributed by atoms with van der Waals surface area (Å²) in [5, 5.41) is 0. The SMILES string of the molecule is CC1COCC(C)N1C(=O)C1CCN(C(=O)N2CCCC2)CC1. The molecule has 0 radical (unpaired) electrons. The van der Waals surface area contributed by atoms with Crippen LogP contribution >= 0.6 is 0 Å². The summed E-state index contributed by atoms with van der Waals surface area (Å²) in [5.74, 6) is 0.308. The van der Waals surface area contributed by atoms with Crippen molar-refractivity contribution in [3.63, 3.8) is 0 Å². The van der Waals surface area contributed by atoms with Crippen molar-refractivity contribution in [1.82, 2.24) is 14.7 Å². The van der Waals surface area contributed by atoms with E-state index in [0.29, 0.717) is 26.3 Å². The molecule has 6 heteroatoms. The maximum Gasteiger partial charge on any atom is 0.319 e. The lowest BCUT2D eigenvalue weighted by Gasteiger charge is -2.42. The zero-order chi connectivity index (χ0) is 16.4. The first-order valence-corrected chi connectivity index (χ1v) is 9.01. The summed E-state index contributed by atoms with van der Waals surface area (Å²) in [7, 11) is 0. The van der Waals surface area contributed by atoms with Crippen molar-refractivity contribution in [2.24, 2.45) is 5.92 Å². The minimum Gasteiger partial charge on any atom is -0.377 e. The fraction of sp³-hybridized carbons (Fsp3) is 0.882. The molecule has 0 aliphatic carbocycles. The van der Waals surface area contributed by atoms with Gasteiger partial charge in [-0.2, -0.15) is 0 Å². The molecule has 2 atom stereocenters. The Morgan fingerprint density at radius 2 is 1.39 bits per heavy atom. The highest BCUT2D eigenvalue weighted by molar-refractivity contribution is 5.80. The first kappa shape index (κ1) is 16.6. The summed E-state index contributed by atoms with van der Waals surface area (Å²) in [6.07, 6.45) is 3.81. The molecule has 3 fully saturated rings. The Balaban J connectivity index is 1.53. The van der Waals surface area contributed by atoms with Gasteiger partial charge in [-0.1, -0.05) is 0 Å². The lowest BCUT2D eigenvalue weighted by Crippen LogP contribution is -2.56. The van der Waals surface area contributed by atoms with Crippen LogP contribution in [-0.2, 0) is 9.53 Å². The summed E-state index contributed by atoms with van der Waals surface area (Å²) in [4.78, 5) is 31.2. The van der Waals surface area contributed by atoms with Crippen molar-refractivity contribution in [1.29, 1.82) is 0 Å². The number of hydrogen-bond donors (Lipinski definition) is 0. The van der Waals surface area contributed by atoms with E-state index in [4.69, 9.17) is 4.74 Å². The van der Waals surface area contributed by atoms with Crippen LogP contribution in [0.3, 0.4) is 0 Å². The number of rotatable bonds is 1. The fourth-order valence-corrected chi connectivity index (χ4v) is 4.08. The fourth-order valence-electron chi connectivity index (χ4n) is 4.08. The molecule has 3 aliphatic heterocycles. The summed E-state index contributed by atoms with van der Waals surface area (Å²) in [6, 6.07) is 0.465. The number of piperidine rings is 1. The van der Waals surface area contributed by atoms with Gasteiger partial charge in [0.1, 0.15) is 0 Å². The molecule has 130 valence electrons. The third kappa shape index (κ3) is 3.47. The van der Waals surface area contributed by atoms with Crippen LogP contribution in [0.15, 0.2) is 0 Å². The van der Waals surface area contributed by atoms with Crippen LogP contribution in [0.4, 0.5) is 4.79 Å². The quantitative estimate of drug-likeness (QED) is 0.736. The maximum absolute atomic E-state index is 12.9. The van der Waals surface area contributed by atoms with Gasteiger partial charge in [-0.3, -0.25) is 4.79 Å². The van der Waals surface area contributed by atoms with E-state index in [0.717, 1.165) is 38.8 Å². The molecule has 0 bridgehead atoms. The Morgan fingerprint density at radius 3 is 1.96 bits per heavy atom. The molecule has 3 rings (SSSR count). The summed E-state index contributed by atoms with van der Waals surface area (Å²) < 4.78 is 5.51. The van der Waals surface area contributed by atoms with E-state index < -0.39 is 0 Å². The highest BCUT2D eigenvalue weighted by Crippen LogP contribution is 2.25. The highest BCUT2D eigenvalue weighted by Gasteiger charge is 2.36. The lowest BCUT2D eigenvalue weighted by molar-refractivity contribution is -0.150. The maximum atomic E-state index is 12.9. The average Bonchev–Trinajstić information content (AvgIpc) is 3.08. The third-order valence-corrected chi connectivity index (χ3v) is 5.41. The van der Waals surface area contributed by atoms with Crippen LogP contribution < -0.4 is 0 Å². The van der Waals surface area contributed by atoms with Gasteiger partial charge in [0.15, 0.2) is 0 Å². The first-order valence-electron chi connectivity index (χ1n) is 9.01. The number of ether oxygens (including phenoxy) is 1. The number of carbonyl (C=O) groups is 2. The van der Waals surface area contributed by atoms with Gasteiger partial charge < -0.3 is 19.4 Å². The summed E-state index contributed by atoms with van der Waals surface area (Å²) in [6.45, 7) is 8.56. The third-order valence-electron chi connectivity index (χ3n) is 5.41. The number of likely N-dealkylation sites (tertiary alicyclic amines) is 2.